The first kappa shape index (κ1) is 21.2. The predicted octanol–water partition coefficient (Wildman–Crippen LogP) is 1.52. The van der Waals surface area contributed by atoms with Gasteiger partial charge >= 0.3 is 12.3 Å². The van der Waals surface area contributed by atoms with Crippen molar-refractivity contribution in [2.24, 2.45) is 10.4 Å². The average molecular weight is 421 g/mol. The van der Waals surface area contributed by atoms with Gasteiger partial charge in [0.1, 0.15) is 20.2 Å². The van der Waals surface area contributed by atoms with Crippen molar-refractivity contribution >= 4 is 18.0 Å². The fourth-order valence-electron chi connectivity index (χ4n) is 4.64. The van der Waals surface area contributed by atoms with E-state index in [1.165, 1.54) is 0 Å². The first-order valence-corrected chi connectivity index (χ1v) is 10.8. The summed E-state index contributed by atoms with van der Waals surface area (Å²) >= 11 is 0. The zero-order valence-corrected chi connectivity index (χ0v) is 18.6. The van der Waals surface area contributed by atoms with Crippen molar-refractivity contribution in [2.45, 2.75) is 39.5 Å². The van der Waals surface area contributed by atoms with Crippen LogP contribution in [0.4, 0.5) is 0 Å². The number of aliphatic imine (C=N–C) groups is 1. The molecule has 2 atom stereocenters. The van der Waals surface area contributed by atoms with Crippen molar-refractivity contribution < 1.29 is 24.1 Å². The minimum atomic E-state index is -0.429. The van der Waals surface area contributed by atoms with Crippen molar-refractivity contribution in [1.29, 1.82) is 0 Å². The van der Waals surface area contributed by atoms with Crippen molar-refractivity contribution in [3.8, 4) is 0 Å². The zero-order chi connectivity index (χ0) is 22.2. The molecule has 1 aromatic rings. The Bertz CT molecular complexity index is 1050. The Hall–Kier alpha value is -2.99. The van der Waals surface area contributed by atoms with Crippen LogP contribution >= 0.6 is 0 Å². The molecule has 3 aliphatic rings. The number of nitrogens with zero attached hydrogens (tertiary/aromatic N) is 2. The number of esters is 1. The fourth-order valence-corrected chi connectivity index (χ4v) is 4.64. The van der Waals surface area contributed by atoms with Crippen LogP contribution < -0.4 is 10.0 Å². The van der Waals surface area contributed by atoms with Crippen LogP contribution in [-0.4, -0.2) is 42.8 Å². The normalized spacial score (nSPS) is 24.6. The molecular formula is C25H30N3O3+. The van der Waals surface area contributed by atoms with Gasteiger partial charge in [-0.1, -0.05) is 44.2 Å². The van der Waals surface area contributed by atoms with Crippen LogP contribution in [0.3, 0.4) is 0 Å². The molecule has 0 saturated heterocycles. The van der Waals surface area contributed by atoms with Crippen molar-refractivity contribution in [3.63, 3.8) is 0 Å². The highest BCUT2D eigenvalue weighted by atomic mass is 16.5. The van der Waals surface area contributed by atoms with Gasteiger partial charge in [0.2, 0.25) is 6.20 Å². The van der Waals surface area contributed by atoms with E-state index in [4.69, 9.17) is 9.73 Å². The summed E-state index contributed by atoms with van der Waals surface area (Å²) in [5, 5.41) is 13.2. The summed E-state index contributed by atoms with van der Waals surface area (Å²) < 4.78 is 7.64. The van der Waals surface area contributed by atoms with Crippen molar-refractivity contribution in [2.75, 3.05) is 20.2 Å². The van der Waals surface area contributed by atoms with Crippen LogP contribution in [0.2, 0.25) is 0 Å². The molecule has 2 heterocycles. The second kappa shape index (κ2) is 8.27. The number of hydrogen-bond donors (Lipinski definition) is 1. The lowest BCUT2D eigenvalue weighted by Gasteiger charge is -2.42. The van der Waals surface area contributed by atoms with Crippen molar-refractivity contribution in [3.05, 3.63) is 70.9 Å². The summed E-state index contributed by atoms with van der Waals surface area (Å²) in [6.07, 6.45) is 7.19. The molecule has 6 nitrogen and oxygen atoms in total. The Labute approximate surface area is 183 Å². The molecule has 162 valence electrons. The Balaban J connectivity index is 1.66. The summed E-state index contributed by atoms with van der Waals surface area (Å²) in [5.74, 6) is -0.748. The van der Waals surface area contributed by atoms with E-state index in [0.29, 0.717) is 29.8 Å². The molecule has 1 N–H and O–H groups in total. The number of quaternary nitrogens is 1. The molecule has 31 heavy (non-hydrogen) atoms. The molecule has 1 aliphatic carbocycles. The van der Waals surface area contributed by atoms with Gasteiger partial charge < -0.3 is 9.84 Å². The lowest BCUT2D eigenvalue weighted by molar-refractivity contribution is -0.749. The van der Waals surface area contributed by atoms with Crippen LogP contribution in [0.5, 0.6) is 0 Å². The number of carbonyl (C=O) groups is 1. The molecular weight excluding hydrogens is 390 g/mol. The minimum absolute atomic E-state index is 0.0749. The molecule has 0 aromatic heterocycles. The fraction of sp³-hybridized carbons (Fsp3) is 0.400. The highest BCUT2D eigenvalue weighted by molar-refractivity contribution is 6.08. The van der Waals surface area contributed by atoms with Crippen LogP contribution in [0, 0.1) is 5.41 Å². The number of rotatable bonds is 5. The third kappa shape index (κ3) is 4.39. The zero-order valence-electron chi connectivity index (χ0n) is 18.6. The van der Waals surface area contributed by atoms with E-state index in [1.54, 1.807) is 0 Å². The van der Waals surface area contributed by atoms with E-state index in [9.17, 15) is 9.90 Å². The summed E-state index contributed by atoms with van der Waals surface area (Å²) in [4.78, 5) is 19.1. The maximum atomic E-state index is 13.2. The van der Waals surface area contributed by atoms with Gasteiger partial charge in [0.25, 0.3) is 0 Å². The topological polar surface area (TPSA) is 69.2 Å². The van der Waals surface area contributed by atoms with Crippen LogP contribution in [0.1, 0.15) is 45.1 Å². The number of hydrogen-bond acceptors (Lipinski definition) is 4. The maximum absolute atomic E-state index is 13.2. The lowest BCUT2D eigenvalue weighted by atomic mass is 9.69. The highest BCUT2D eigenvalue weighted by Gasteiger charge is 2.39. The SMILES string of the molecule is CC1=C(C(=O)OCC[NH+]2C=C[N+](C)=C2)C(c2ccccc2)C2=C([O-])CC(C)(C)CC2=N1. The first-order valence-electron chi connectivity index (χ1n) is 10.8. The monoisotopic (exact) mass is 420 g/mol. The highest BCUT2D eigenvalue weighted by Crippen LogP contribution is 2.46. The van der Waals surface area contributed by atoms with Crippen LogP contribution in [-0.2, 0) is 9.53 Å². The number of nitrogens with one attached hydrogen (secondary N) is 1. The largest absolute Gasteiger partial charge is 0.875 e. The number of fused-ring (bicyclic) bond motifs is 1. The molecule has 2 unspecified atom stereocenters. The van der Waals surface area contributed by atoms with Gasteiger partial charge in [0.15, 0.2) is 6.20 Å². The lowest BCUT2D eigenvalue weighted by Crippen LogP contribution is -3.06. The van der Waals surface area contributed by atoms with E-state index in [-0.39, 0.29) is 17.8 Å². The second-order valence-corrected chi connectivity index (χ2v) is 9.33. The second-order valence-electron chi connectivity index (χ2n) is 9.33. The molecule has 0 radical (unpaired) electrons. The number of carbonyl (C=O) groups excluding carboxylic acids is 1. The van der Waals surface area contributed by atoms with E-state index in [2.05, 4.69) is 13.8 Å². The molecule has 6 heteroatoms. The molecule has 0 saturated carbocycles. The number of allylic oxidation sites excluding steroid dienone is 3. The van der Waals surface area contributed by atoms with E-state index < -0.39 is 11.9 Å². The third-order valence-corrected chi connectivity index (χ3v) is 6.04. The van der Waals surface area contributed by atoms with Gasteiger partial charge in [-0.3, -0.25) is 4.99 Å². The van der Waals surface area contributed by atoms with E-state index in [0.717, 1.165) is 22.6 Å². The van der Waals surface area contributed by atoms with E-state index >= 15 is 0 Å². The molecule has 0 fully saturated rings. The first-order chi connectivity index (χ1) is 14.7. The average Bonchev–Trinajstić information content (AvgIpc) is 3.11. The van der Waals surface area contributed by atoms with Gasteiger partial charge in [-0.25, -0.2) is 9.69 Å². The van der Waals surface area contributed by atoms with Crippen molar-refractivity contribution in [1.82, 2.24) is 0 Å². The Kier molecular flexibility index (Phi) is 5.67. The predicted molar refractivity (Wildman–Crippen MR) is 118 cm³/mol. The van der Waals surface area contributed by atoms with Crippen LogP contribution in [0.15, 0.2) is 70.3 Å². The van der Waals surface area contributed by atoms with Gasteiger partial charge in [0, 0.05) is 17.3 Å². The standard InChI is InChI=1S/C25H29N3O3/c1-17-21(24(30)31-13-12-28-11-10-27(4)16-28)22(18-8-6-5-7-9-18)23-19(26-17)14-25(2,3)15-20(23)29/h5-11,16,22H,12-15H2,1-4H3/p+1. The quantitative estimate of drug-likeness (QED) is 0.580. The van der Waals surface area contributed by atoms with Crippen LogP contribution in [0.25, 0.3) is 0 Å². The third-order valence-electron chi connectivity index (χ3n) is 6.04. The van der Waals surface area contributed by atoms with Gasteiger partial charge in [-0.15, -0.1) is 5.76 Å². The smallest absolute Gasteiger partial charge is 0.337 e. The van der Waals surface area contributed by atoms with E-state index in [1.807, 2.05) is 67.6 Å². The Morgan fingerprint density at radius 1 is 1.29 bits per heavy atom. The Morgan fingerprint density at radius 2 is 2.03 bits per heavy atom. The van der Waals surface area contributed by atoms with Gasteiger partial charge in [-0.05, 0) is 36.3 Å². The molecule has 0 spiro atoms. The maximum Gasteiger partial charge on any atom is 0.337 e. The molecule has 1 aromatic carbocycles. The van der Waals surface area contributed by atoms with Gasteiger partial charge in [-0.2, -0.15) is 4.58 Å². The summed E-state index contributed by atoms with van der Waals surface area (Å²) in [7, 11) is 1.96. The molecule has 0 bridgehead atoms. The molecule has 0 amide bonds. The van der Waals surface area contributed by atoms with Gasteiger partial charge in [0.05, 0.1) is 5.57 Å². The summed E-state index contributed by atoms with van der Waals surface area (Å²) in [5.41, 5.74) is 3.38. The minimum Gasteiger partial charge on any atom is -0.875 e. The number of ether oxygens (including phenoxy) is 1. The summed E-state index contributed by atoms with van der Waals surface area (Å²) in [6.45, 7) is 6.96. The number of benzene rings is 1. The Morgan fingerprint density at radius 3 is 2.71 bits per heavy atom. The molecule has 4 rings (SSSR count). The molecule has 2 aliphatic heterocycles. The summed E-state index contributed by atoms with van der Waals surface area (Å²) in [6, 6.07) is 9.75.